The SMILES string of the molecule is CCC1(CC)C(=O)NC1C(=O)c1ccccc1. The molecule has 0 aromatic heterocycles. The minimum atomic E-state index is -0.493. The maximum Gasteiger partial charge on any atom is 0.229 e. The Morgan fingerprint density at radius 3 is 2.29 bits per heavy atom. The normalized spacial score (nSPS) is 21.5. The molecular weight excluding hydrogens is 214 g/mol. The van der Waals surface area contributed by atoms with Gasteiger partial charge in [-0.05, 0) is 12.8 Å². The third-order valence-corrected chi connectivity index (χ3v) is 3.86. The fourth-order valence-electron chi connectivity index (χ4n) is 2.53. The number of amides is 1. The fraction of sp³-hybridized carbons (Fsp3) is 0.429. The molecule has 3 heteroatoms. The van der Waals surface area contributed by atoms with Crippen molar-refractivity contribution in [1.82, 2.24) is 5.32 Å². The van der Waals surface area contributed by atoms with E-state index >= 15 is 0 Å². The van der Waals surface area contributed by atoms with E-state index < -0.39 is 5.41 Å². The molecule has 0 saturated carbocycles. The zero-order valence-electron chi connectivity index (χ0n) is 10.2. The molecule has 2 rings (SSSR count). The van der Waals surface area contributed by atoms with Crippen LogP contribution in [0.2, 0.25) is 0 Å². The van der Waals surface area contributed by atoms with E-state index in [0.29, 0.717) is 18.4 Å². The van der Waals surface area contributed by atoms with Crippen molar-refractivity contribution in [3.63, 3.8) is 0 Å². The first-order chi connectivity index (χ1) is 8.15. The van der Waals surface area contributed by atoms with E-state index in [1.165, 1.54) is 0 Å². The maximum atomic E-state index is 12.3. The minimum Gasteiger partial charge on any atom is -0.344 e. The van der Waals surface area contributed by atoms with Crippen LogP contribution in [0.4, 0.5) is 0 Å². The molecule has 1 aliphatic rings. The summed E-state index contributed by atoms with van der Waals surface area (Å²) in [5, 5.41) is 2.75. The van der Waals surface area contributed by atoms with Crippen molar-refractivity contribution in [2.45, 2.75) is 32.7 Å². The van der Waals surface area contributed by atoms with Gasteiger partial charge in [0.15, 0.2) is 5.78 Å². The second-order valence-electron chi connectivity index (χ2n) is 4.50. The quantitative estimate of drug-likeness (QED) is 0.637. The van der Waals surface area contributed by atoms with Crippen molar-refractivity contribution in [3.8, 4) is 0 Å². The first-order valence-electron chi connectivity index (χ1n) is 6.06. The molecule has 0 aliphatic carbocycles. The van der Waals surface area contributed by atoms with Crippen molar-refractivity contribution in [2.75, 3.05) is 0 Å². The summed E-state index contributed by atoms with van der Waals surface area (Å²) in [7, 11) is 0. The molecule has 0 radical (unpaired) electrons. The summed E-state index contributed by atoms with van der Waals surface area (Å²) in [4.78, 5) is 24.0. The zero-order valence-corrected chi connectivity index (χ0v) is 10.2. The van der Waals surface area contributed by atoms with Gasteiger partial charge < -0.3 is 5.32 Å². The first-order valence-corrected chi connectivity index (χ1v) is 6.06. The monoisotopic (exact) mass is 231 g/mol. The van der Waals surface area contributed by atoms with Gasteiger partial charge in [0.2, 0.25) is 5.91 Å². The van der Waals surface area contributed by atoms with E-state index in [1.54, 1.807) is 12.1 Å². The van der Waals surface area contributed by atoms with Crippen LogP contribution in [-0.4, -0.2) is 17.7 Å². The summed E-state index contributed by atoms with van der Waals surface area (Å²) in [5.74, 6) is 0.0330. The molecule has 3 nitrogen and oxygen atoms in total. The Hall–Kier alpha value is -1.64. The molecule has 90 valence electrons. The number of ketones is 1. The van der Waals surface area contributed by atoms with Gasteiger partial charge in [0.1, 0.15) is 6.04 Å². The van der Waals surface area contributed by atoms with Gasteiger partial charge in [-0.1, -0.05) is 44.2 Å². The minimum absolute atomic E-state index is 0.0109. The van der Waals surface area contributed by atoms with E-state index in [9.17, 15) is 9.59 Å². The van der Waals surface area contributed by atoms with Crippen molar-refractivity contribution >= 4 is 11.7 Å². The molecule has 1 unspecified atom stereocenters. The Balaban J connectivity index is 2.25. The largest absolute Gasteiger partial charge is 0.344 e. The Kier molecular flexibility index (Phi) is 3.01. The third-order valence-electron chi connectivity index (χ3n) is 3.86. The number of nitrogens with one attached hydrogen (secondary N) is 1. The summed E-state index contributed by atoms with van der Waals surface area (Å²) < 4.78 is 0. The Bertz CT molecular complexity index is 435. The Labute approximate surface area is 101 Å². The van der Waals surface area contributed by atoms with Crippen LogP contribution in [0.1, 0.15) is 37.0 Å². The third kappa shape index (κ3) is 1.66. The van der Waals surface area contributed by atoms with E-state index in [2.05, 4.69) is 5.32 Å². The van der Waals surface area contributed by atoms with Gasteiger partial charge in [0.25, 0.3) is 0 Å². The number of carbonyl (C=O) groups is 2. The van der Waals surface area contributed by atoms with Crippen molar-refractivity contribution < 1.29 is 9.59 Å². The van der Waals surface area contributed by atoms with Crippen LogP contribution in [0, 0.1) is 5.41 Å². The highest BCUT2D eigenvalue weighted by Crippen LogP contribution is 2.39. The maximum absolute atomic E-state index is 12.3. The Morgan fingerprint density at radius 1 is 1.24 bits per heavy atom. The van der Waals surface area contributed by atoms with E-state index in [0.717, 1.165) is 0 Å². The van der Waals surface area contributed by atoms with Gasteiger partial charge in [-0.2, -0.15) is 0 Å². The number of hydrogen-bond donors (Lipinski definition) is 1. The highest BCUT2D eigenvalue weighted by atomic mass is 16.2. The second kappa shape index (κ2) is 4.32. The lowest BCUT2D eigenvalue weighted by molar-refractivity contribution is -0.144. The van der Waals surface area contributed by atoms with Crippen LogP contribution in [-0.2, 0) is 4.79 Å². The van der Waals surface area contributed by atoms with Crippen LogP contribution in [0.5, 0.6) is 0 Å². The molecule has 1 saturated heterocycles. The highest BCUT2D eigenvalue weighted by molar-refractivity contribution is 6.10. The molecule has 1 aromatic rings. The molecule has 1 fully saturated rings. The molecular formula is C14H17NO2. The Morgan fingerprint density at radius 2 is 1.82 bits per heavy atom. The molecule has 1 amide bonds. The van der Waals surface area contributed by atoms with Gasteiger partial charge in [-0.3, -0.25) is 9.59 Å². The van der Waals surface area contributed by atoms with Gasteiger partial charge in [-0.15, -0.1) is 0 Å². The number of β-lactam (4-membered cyclic amide) rings is 1. The number of carbonyl (C=O) groups excluding carboxylic acids is 2. The second-order valence-corrected chi connectivity index (χ2v) is 4.50. The molecule has 1 aliphatic heterocycles. The van der Waals surface area contributed by atoms with Crippen molar-refractivity contribution in [1.29, 1.82) is 0 Å². The predicted octanol–water partition coefficient (Wildman–Crippen LogP) is 2.17. The van der Waals surface area contributed by atoms with E-state index in [4.69, 9.17) is 0 Å². The molecule has 17 heavy (non-hydrogen) atoms. The predicted molar refractivity (Wildman–Crippen MR) is 65.7 cm³/mol. The average Bonchev–Trinajstić information content (AvgIpc) is 2.38. The van der Waals surface area contributed by atoms with Crippen LogP contribution < -0.4 is 5.32 Å². The summed E-state index contributed by atoms with van der Waals surface area (Å²) in [6.07, 6.45) is 1.41. The first kappa shape index (κ1) is 11.8. The standard InChI is InChI=1S/C14H17NO2/c1-3-14(4-2)12(15-13(14)17)11(16)10-8-6-5-7-9-10/h5-9,12H,3-4H2,1-2H3,(H,15,17). The zero-order chi connectivity index (χ0) is 12.5. The lowest BCUT2D eigenvalue weighted by Crippen LogP contribution is -2.69. The van der Waals surface area contributed by atoms with Gasteiger partial charge in [-0.25, -0.2) is 0 Å². The van der Waals surface area contributed by atoms with Crippen LogP contribution in [0.3, 0.4) is 0 Å². The molecule has 1 N–H and O–H groups in total. The van der Waals surface area contributed by atoms with Crippen molar-refractivity contribution in [2.24, 2.45) is 5.41 Å². The highest BCUT2D eigenvalue weighted by Gasteiger charge is 2.55. The fourth-order valence-corrected chi connectivity index (χ4v) is 2.53. The van der Waals surface area contributed by atoms with Crippen LogP contribution in [0.25, 0.3) is 0 Å². The number of hydrogen-bond acceptors (Lipinski definition) is 2. The van der Waals surface area contributed by atoms with Gasteiger partial charge in [0.05, 0.1) is 5.41 Å². The van der Waals surface area contributed by atoms with E-state index in [-0.39, 0.29) is 17.7 Å². The summed E-state index contributed by atoms with van der Waals surface area (Å²) in [5.41, 5.74) is 0.177. The topological polar surface area (TPSA) is 46.2 Å². The van der Waals surface area contributed by atoms with Gasteiger partial charge in [0, 0.05) is 5.56 Å². The van der Waals surface area contributed by atoms with E-state index in [1.807, 2.05) is 32.0 Å². The molecule has 1 heterocycles. The molecule has 1 aromatic carbocycles. The lowest BCUT2D eigenvalue weighted by Gasteiger charge is -2.47. The molecule has 0 bridgehead atoms. The number of benzene rings is 1. The smallest absolute Gasteiger partial charge is 0.229 e. The number of Topliss-reactive ketones (excluding diaryl/α,β-unsaturated/α-hetero) is 1. The van der Waals surface area contributed by atoms with Gasteiger partial charge >= 0.3 is 0 Å². The molecule has 1 atom stereocenters. The summed E-state index contributed by atoms with van der Waals surface area (Å²) in [6.45, 7) is 3.93. The van der Waals surface area contributed by atoms with Crippen LogP contribution >= 0.6 is 0 Å². The summed E-state index contributed by atoms with van der Waals surface area (Å²) >= 11 is 0. The molecule has 0 spiro atoms. The average molecular weight is 231 g/mol. The van der Waals surface area contributed by atoms with Crippen LogP contribution in [0.15, 0.2) is 30.3 Å². The van der Waals surface area contributed by atoms with Crippen molar-refractivity contribution in [3.05, 3.63) is 35.9 Å². The summed E-state index contributed by atoms with van der Waals surface area (Å²) in [6, 6.07) is 8.79. The lowest BCUT2D eigenvalue weighted by atomic mass is 9.66. The number of rotatable bonds is 4.